The van der Waals surface area contributed by atoms with E-state index in [1.54, 1.807) is 0 Å². The third-order valence-corrected chi connectivity index (χ3v) is 4.10. The Kier molecular flexibility index (Phi) is 5.40. The molecule has 0 unspecified atom stereocenters. The van der Waals surface area contributed by atoms with Crippen LogP contribution in [0.3, 0.4) is 0 Å². The Morgan fingerprint density at radius 3 is 2.14 bits per heavy atom. The van der Waals surface area contributed by atoms with Crippen molar-refractivity contribution >= 4 is 11.6 Å². The summed E-state index contributed by atoms with van der Waals surface area (Å²) in [6.45, 7) is 9.20. The van der Waals surface area contributed by atoms with Gasteiger partial charge in [0.05, 0.1) is 6.54 Å². The monoisotopic (exact) mass is 288 g/mol. The molecule has 1 heterocycles. The van der Waals surface area contributed by atoms with Crippen molar-refractivity contribution in [3.05, 3.63) is 29.8 Å². The molecule has 0 spiro atoms. The number of carbonyl (C=O) groups is 1. The Labute approximate surface area is 128 Å². The standard InChI is InChI=1S/C18H28N2O/c1-18(2,3)15-8-10-16(11-9-15)19-17(21)14-20-12-6-4-5-7-13-20/h8-11H,4-7,12-14H2,1-3H3,(H,19,21). The zero-order chi connectivity index (χ0) is 15.3. The van der Waals surface area contributed by atoms with Crippen molar-refractivity contribution in [1.82, 2.24) is 4.90 Å². The molecule has 1 amide bonds. The fraction of sp³-hybridized carbons (Fsp3) is 0.611. The number of hydrogen-bond acceptors (Lipinski definition) is 2. The molecule has 3 nitrogen and oxygen atoms in total. The lowest BCUT2D eigenvalue weighted by Crippen LogP contribution is -2.33. The van der Waals surface area contributed by atoms with Gasteiger partial charge in [0.1, 0.15) is 0 Å². The van der Waals surface area contributed by atoms with Crippen LogP contribution < -0.4 is 5.32 Å². The second-order valence-corrected chi connectivity index (χ2v) is 7.07. The third-order valence-electron chi connectivity index (χ3n) is 4.10. The number of rotatable bonds is 3. The van der Waals surface area contributed by atoms with Crippen molar-refractivity contribution in [2.24, 2.45) is 0 Å². The number of hydrogen-bond donors (Lipinski definition) is 1. The number of benzene rings is 1. The Hall–Kier alpha value is -1.35. The minimum atomic E-state index is 0.0976. The summed E-state index contributed by atoms with van der Waals surface area (Å²) in [6, 6.07) is 8.20. The molecule has 0 atom stereocenters. The Morgan fingerprint density at radius 1 is 1.05 bits per heavy atom. The van der Waals surface area contributed by atoms with Crippen LogP contribution in [0.1, 0.15) is 52.0 Å². The molecular weight excluding hydrogens is 260 g/mol. The lowest BCUT2D eigenvalue weighted by Gasteiger charge is -2.20. The van der Waals surface area contributed by atoms with Crippen LogP contribution in [0.25, 0.3) is 0 Å². The second-order valence-electron chi connectivity index (χ2n) is 7.07. The average molecular weight is 288 g/mol. The molecule has 21 heavy (non-hydrogen) atoms. The SMILES string of the molecule is CC(C)(C)c1ccc(NC(=O)CN2CCCCCC2)cc1. The van der Waals surface area contributed by atoms with E-state index < -0.39 is 0 Å². The molecule has 1 aliphatic heterocycles. The van der Waals surface area contributed by atoms with Crippen LogP contribution in [-0.2, 0) is 10.2 Å². The number of amides is 1. The van der Waals surface area contributed by atoms with Gasteiger partial charge in [0.25, 0.3) is 0 Å². The molecule has 1 aliphatic rings. The molecule has 0 bridgehead atoms. The van der Waals surface area contributed by atoms with Gasteiger partial charge < -0.3 is 5.32 Å². The average Bonchev–Trinajstić information content (AvgIpc) is 2.67. The molecule has 0 aliphatic carbocycles. The van der Waals surface area contributed by atoms with Crippen LogP contribution in [0.15, 0.2) is 24.3 Å². The zero-order valence-corrected chi connectivity index (χ0v) is 13.6. The van der Waals surface area contributed by atoms with E-state index in [0.717, 1.165) is 18.8 Å². The first-order valence-electron chi connectivity index (χ1n) is 8.08. The molecule has 1 saturated heterocycles. The van der Waals surface area contributed by atoms with Crippen molar-refractivity contribution in [2.75, 3.05) is 25.0 Å². The molecule has 2 rings (SSSR count). The first-order valence-corrected chi connectivity index (χ1v) is 8.08. The van der Waals surface area contributed by atoms with Gasteiger partial charge in [-0.05, 0) is 49.0 Å². The van der Waals surface area contributed by atoms with Crippen molar-refractivity contribution in [2.45, 2.75) is 51.9 Å². The predicted molar refractivity (Wildman–Crippen MR) is 88.7 cm³/mol. The number of likely N-dealkylation sites (tertiary alicyclic amines) is 1. The van der Waals surface area contributed by atoms with Crippen LogP contribution in [0.4, 0.5) is 5.69 Å². The van der Waals surface area contributed by atoms with Gasteiger partial charge in [-0.1, -0.05) is 45.7 Å². The number of carbonyl (C=O) groups excluding carboxylic acids is 1. The Morgan fingerprint density at radius 2 is 1.62 bits per heavy atom. The van der Waals surface area contributed by atoms with Gasteiger partial charge in [-0.15, -0.1) is 0 Å². The van der Waals surface area contributed by atoms with Gasteiger partial charge in [0.2, 0.25) is 5.91 Å². The molecule has 1 aromatic carbocycles. The fourth-order valence-corrected chi connectivity index (χ4v) is 2.75. The lowest BCUT2D eigenvalue weighted by molar-refractivity contribution is -0.117. The van der Waals surface area contributed by atoms with E-state index in [9.17, 15) is 4.79 Å². The molecule has 1 N–H and O–H groups in total. The van der Waals surface area contributed by atoms with E-state index >= 15 is 0 Å². The summed E-state index contributed by atoms with van der Waals surface area (Å²) < 4.78 is 0. The normalized spacial score (nSPS) is 17.3. The summed E-state index contributed by atoms with van der Waals surface area (Å²) >= 11 is 0. The maximum absolute atomic E-state index is 12.1. The molecule has 0 aromatic heterocycles. The van der Waals surface area contributed by atoms with E-state index in [0.29, 0.717) is 6.54 Å². The summed E-state index contributed by atoms with van der Waals surface area (Å²) in [7, 11) is 0. The van der Waals surface area contributed by atoms with Crippen LogP contribution >= 0.6 is 0 Å². The van der Waals surface area contributed by atoms with E-state index in [1.807, 2.05) is 12.1 Å². The Balaban J connectivity index is 1.87. The second kappa shape index (κ2) is 7.08. The first kappa shape index (κ1) is 16.0. The number of nitrogens with zero attached hydrogens (tertiary/aromatic N) is 1. The molecule has 1 fully saturated rings. The highest BCUT2D eigenvalue weighted by atomic mass is 16.2. The molecular formula is C18H28N2O. The quantitative estimate of drug-likeness (QED) is 0.917. The topological polar surface area (TPSA) is 32.3 Å². The maximum Gasteiger partial charge on any atom is 0.238 e. The summed E-state index contributed by atoms with van der Waals surface area (Å²) in [6.07, 6.45) is 5.03. The number of nitrogens with one attached hydrogen (secondary N) is 1. The lowest BCUT2D eigenvalue weighted by atomic mass is 9.87. The highest BCUT2D eigenvalue weighted by Crippen LogP contribution is 2.23. The van der Waals surface area contributed by atoms with Crippen LogP contribution in [0.5, 0.6) is 0 Å². The van der Waals surface area contributed by atoms with Gasteiger partial charge in [-0.25, -0.2) is 0 Å². The predicted octanol–water partition coefficient (Wildman–Crippen LogP) is 3.80. The van der Waals surface area contributed by atoms with Gasteiger partial charge >= 0.3 is 0 Å². The highest BCUT2D eigenvalue weighted by Gasteiger charge is 2.15. The molecule has 3 heteroatoms. The van der Waals surface area contributed by atoms with Crippen LogP contribution in [-0.4, -0.2) is 30.4 Å². The number of anilines is 1. The highest BCUT2D eigenvalue weighted by molar-refractivity contribution is 5.92. The maximum atomic E-state index is 12.1. The largest absolute Gasteiger partial charge is 0.325 e. The molecule has 0 radical (unpaired) electrons. The zero-order valence-electron chi connectivity index (χ0n) is 13.6. The summed E-state index contributed by atoms with van der Waals surface area (Å²) in [5.74, 6) is 0.0976. The fourth-order valence-electron chi connectivity index (χ4n) is 2.75. The van der Waals surface area contributed by atoms with Crippen LogP contribution in [0.2, 0.25) is 0 Å². The van der Waals surface area contributed by atoms with Gasteiger partial charge in [0.15, 0.2) is 0 Å². The summed E-state index contributed by atoms with van der Waals surface area (Å²) in [5.41, 5.74) is 2.32. The smallest absolute Gasteiger partial charge is 0.238 e. The van der Waals surface area contributed by atoms with Gasteiger partial charge in [-0.3, -0.25) is 9.69 Å². The summed E-state index contributed by atoms with van der Waals surface area (Å²) in [5, 5.41) is 3.01. The van der Waals surface area contributed by atoms with Gasteiger partial charge in [0, 0.05) is 5.69 Å². The van der Waals surface area contributed by atoms with E-state index in [2.05, 4.69) is 43.1 Å². The molecule has 1 aromatic rings. The van der Waals surface area contributed by atoms with Crippen molar-refractivity contribution in [3.8, 4) is 0 Å². The van der Waals surface area contributed by atoms with Gasteiger partial charge in [-0.2, -0.15) is 0 Å². The first-order chi connectivity index (χ1) is 9.95. The van der Waals surface area contributed by atoms with Crippen molar-refractivity contribution in [3.63, 3.8) is 0 Å². The van der Waals surface area contributed by atoms with E-state index in [4.69, 9.17) is 0 Å². The van der Waals surface area contributed by atoms with E-state index in [1.165, 1.54) is 31.2 Å². The summed E-state index contributed by atoms with van der Waals surface area (Å²) in [4.78, 5) is 14.4. The van der Waals surface area contributed by atoms with Crippen molar-refractivity contribution < 1.29 is 4.79 Å². The third kappa shape index (κ3) is 5.16. The van der Waals surface area contributed by atoms with Crippen LogP contribution in [0, 0.1) is 0 Å². The Bertz CT molecular complexity index is 451. The van der Waals surface area contributed by atoms with Crippen molar-refractivity contribution in [1.29, 1.82) is 0 Å². The minimum absolute atomic E-state index is 0.0976. The van der Waals surface area contributed by atoms with E-state index in [-0.39, 0.29) is 11.3 Å². The molecule has 0 saturated carbocycles. The molecule has 116 valence electrons. The minimum Gasteiger partial charge on any atom is -0.325 e.